The van der Waals surface area contributed by atoms with Crippen LogP contribution < -0.4 is 5.32 Å². The second-order valence-electron chi connectivity index (χ2n) is 5.11. The molecule has 1 atom stereocenters. The van der Waals surface area contributed by atoms with Crippen LogP contribution in [0.1, 0.15) is 36.8 Å². The summed E-state index contributed by atoms with van der Waals surface area (Å²) in [4.78, 5) is 0. The first-order valence-electron chi connectivity index (χ1n) is 7.26. The molecule has 0 aliphatic rings. The van der Waals surface area contributed by atoms with Gasteiger partial charge in [-0.2, -0.15) is 5.10 Å². The molecule has 0 bridgehead atoms. The Morgan fingerprint density at radius 2 is 1.81 bits per heavy atom. The van der Waals surface area contributed by atoms with E-state index >= 15 is 0 Å². The Labute approximate surface area is 124 Å². The lowest BCUT2D eigenvalue weighted by Crippen LogP contribution is -2.24. The zero-order chi connectivity index (χ0) is 15.4. The van der Waals surface area contributed by atoms with Crippen molar-refractivity contribution in [2.45, 2.75) is 39.8 Å². The Bertz CT molecular complexity index is 587. The van der Waals surface area contributed by atoms with Gasteiger partial charge < -0.3 is 5.32 Å². The van der Waals surface area contributed by atoms with Gasteiger partial charge in [0.15, 0.2) is 0 Å². The molecule has 0 fully saturated rings. The molecule has 0 aliphatic heterocycles. The number of hydrogen-bond donors (Lipinski definition) is 1. The van der Waals surface area contributed by atoms with E-state index in [0.29, 0.717) is 12.0 Å². The Morgan fingerprint density at radius 1 is 1.14 bits per heavy atom. The second-order valence-corrected chi connectivity index (χ2v) is 5.11. The molecule has 1 unspecified atom stereocenters. The van der Waals surface area contributed by atoms with E-state index in [1.807, 2.05) is 31.5 Å². The van der Waals surface area contributed by atoms with Crippen LogP contribution in [0.15, 0.2) is 24.3 Å². The van der Waals surface area contributed by atoms with Crippen molar-refractivity contribution in [3.8, 4) is 0 Å². The van der Waals surface area contributed by atoms with Crippen LogP contribution in [0.2, 0.25) is 0 Å². The third-order valence-corrected chi connectivity index (χ3v) is 3.44. The fraction of sp³-hybridized carbons (Fsp3) is 0.438. The predicted molar refractivity (Wildman–Crippen MR) is 79.1 cm³/mol. The van der Waals surface area contributed by atoms with E-state index in [0.717, 1.165) is 30.5 Å². The molecule has 21 heavy (non-hydrogen) atoms. The van der Waals surface area contributed by atoms with Gasteiger partial charge in [0.2, 0.25) is 0 Å². The highest BCUT2D eigenvalue weighted by molar-refractivity contribution is 5.24. The van der Waals surface area contributed by atoms with Crippen molar-refractivity contribution >= 4 is 0 Å². The van der Waals surface area contributed by atoms with Gasteiger partial charge in [-0.1, -0.05) is 6.92 Å². The molecule has 0 saturated carbocycles. The SMILES string of the molecule is CCNC(Cc1cc(C)nn1CC)c1cc(F)cc(F)c1. The maximum atomic E-state index is 13.4. The molecule has 1 aromatic heterocycles. The monoisotopic (exact) mass is 293 g/mol. The molecule has 0 saturated heterocycles. The highest BCUT2D eigenvalue weighted by atomic mass is 19.1. The lowest BCUT2D eigenvalue weighted by Gasteiger charge is -2.19. The Kier molecular flexibility index (Phi) is 5.07. The standard InChI is InChI=1S/C16H21F2N3/c1-4-19-16(12-7-13(17)9-14(18)8-12)10-15-6-11(3)20-21(15)5-2/h6-9,16,19H,4-5,10H2,1-3H3. The third-order valence-electron chi connectivity index (χ3n) is 3.44. The summed E-state index contributed by atoms with van der Waals surface area (Å²) >= 11 is 0. The van der Waals surface area contributed by atoms with Crippen LogP contribution in [-0.2, 0) is 13.0 Å². The molecule has 1 aromatic carbocycles. The van der Waals surface area contributed by atoms with Crippen LogP contribution in [0.25, 0.3) is 0 Å². The first kappa shape index (κ1) is 15.6. The van der Waals surface area contributed by atoms with Crippen LogP contribution in [0, 0.1) is 18.6 Å². The molecule has 5 heteroatoms. The maximum absolute atomic E-state index is 13.4. The molecule has 2 rings (SSSR count). The summed E-state index contributed by atoms with van der Waals surface area (Å²) in [6, 6.07) is 5.55. The summed E-state index contributed by atoms with van der Waals surface area (Å²) in [5, 5.41) is 7.70. The largest absolute Gasteiger partial charge is 0.310 e. The summed E-state index contributed by atoms with van der Waals surface area (Å²) < 4.78 is 28.8. The van der Waals surface area contributed by atoms with E-state index in [2.05, 4.69) is 10.4 Å². The first-order valence-corrected chi connectivity index (χ1v) is 7.26. The highest BCUT2D eigenvalue weighted by Crippen LogP contribution is 2.21. The van der Waals surface area contributed by atoms with Gasteiger partial charge >= 0.3 is 0 Å². The van der Waals surface area contributed by atoms with Gasteiger partial charge in [-0.15, -0.1) is 0 Å². The first-order chi connectivity index (χ1) is 10.0. The summed E-state index contributed by atoms with van der Waals surface area (Å²) in [5.74, 6) is -1.10. The van der Waals surface area contributed by atoms with Crippen molar-refractivity contribution in [1.82, 2.24) is 15.1 Å². The molecule has 2 aromatic rings. The number of aromatic nitrogens is 2. The van der Waals surface area contributed by atoms with Crippen molar-refractivity contribution in [2.75, 3.05) is 6.54 Å². The summed E-state index contributed by atoms with van der Waals surface area (Å²) in [6.07, 6.45) is 0.644. The smallest absolute Gasteiger partial charge is 0.126 e. The van der Waals surface area contributed by atoms with E-state index in [4.69, 9.17) is 0 Å². The molecule has 0 radical (unpaired) electrons. The molecule has 0 amide bonds. The van der Waals surface area contributed by atoms with Crippen LogP contribution in [0.5, 0.6) is 0 Å². The topological polar surface area (TPSA) is 29.9 Å². The van der Waals surface area contributed by atoms with Gasteiger partial charge in [-0.05, 0) is 44.2 Å². The number of rotatable bonds is 6. The zero-order valence-electron chi connectivity index (χ0n) is 12.7. The van der Waals surface area contributed by atoms with Gasteiger partial charge in [-0.3, -0.25) is 4.68 Å². The van der Waals surface area contributed by atoms with Crippen molar-refractivity contribution in [3.05, 3.63) is 52.9 Å². The van der Waals surface area contributed by atoms with E-state index < -0.39 is 11.6 Å². The van der Waals surface area contributed by atoms with Gasteiger partial charge in [0.05, 0.1) is 5.69 Å². The van der Waals surface area contributed by atoms with Crippen LogP contribution in [0.4, 0.5) is 8.78 Å². The number of benzene rings is 1. The van der Waals surface area contributed by atoms with Crippen molar-refractivity contribution in [3.63, 3.8) is 0 Å². The van der Waals surface area contributed by atoms with E-state index in [1.54, 1.807) is 0 Å². The average molecular weight is 293 g/mol. The molecule has 1 heterocycles. The Hall–Kier alpha value is -1.75. The second kappa shape index (κ2) is 6.80. The lowest BCUT2D eigenvalue weighted by molar-refractivity contribution is 0.505. The average Bonchev–Trinajstić information content (AvgIpc) is 2.77. The number of nitrogens with one attached hydrogen (secondary N) is 1. The van der Waals surface area contributed by atoms with E-state index in [1.165, 1.54) is 12.1 Å². The fourth-order valence-electron chi connectivity index (χ4n) is 2.58. The summed E-state index contributed by atoms with van der Waals surface area (Å²) in [6.45, 7) is 7.45. The van der Waals surface area contributed by atoms with Gasteiger partial charge in [0.1, 0.15) is 11.6 Å². The minimum absolute atomic E-state index is 0.137. The zero-order valence-corrected chi connectivity index (χ0v) is 12.7. The minimum atomic E-state index is -0.548. The fourth-order valence-corrected chi connectivity index (χ4v) is 2.58. The van der Waals surface area contributed by atoms with Gasteiger partial charge in [-0.25, -0.2) is 8.78 Å². The number of nitrogens with zero attached hydrogens (tertiary/aromatic N) is 2. The molecular formula is C16H21F2N3. The maximum Gasteiger partial charge on any atom is 0.126 e. The molecule has 0 aliphatic carbocycles. The Morgan fingerprint density at radius 3 is 2.38 bits per heavy atom. The summed E-state index contributed by atoms with van der Waals surface area (Å²) in [5.41, 5.74) is 2.63. The lowest BCUT2D eigenvalue weighted by atomic mass is 10.0. The van der Waals surface area contributed by atoms with E-state index in [-0.39, 0.29) is 6.04 Å². The van der Waals surface area contributed by atoms with Gasteiger partial charge in [0, 0.05) is 30.8 Å². The van der Waals surface area contributed by atoms with Crippen molar-refractivity contribution in [1.29, 1.82) is 0 Å². The molecule has 3 nitrogen and oxygen atoms in total. The number of hydrogen-bond acceptors (Lipinski definition) is 2. The third kappa shape index (κ3) is 3.88. The van der Waals surface area contributed by atoms with Gasteiger partial charge in [0.25, 0.3) is 0 Å². The normalized spacial score (nSPS) is 12.6. The van der Waals surface area contributed by atoms with Crippen molar-refractivity contribution in [2.24, 2.45) is 0 Å². The van der Waals surface area contributed by atoms with E-state index in [9.17, 15) is 8.78 Å². The van der Waals surface area contributed by atoms with Crippen LogP contribution in [0.3, 0.4) is 0 Å². The number of likely N-dealkylation sites (N-methyl/N-ethyl adjacent to an activating group) is 1. The number of aryl methyl sites for hydroxylation is 2. The summed E-state index contributed by atoms with van der Waals surface area (Å²) in [7, 11) is 0. The Balaban J connectivity index is 2.30. The predicted octanol–water partition coefficient (Wildman–Crippen LogP) is 3.38. The van der Waals surface area contributed by atoms with Crippen LogP contribution in [-0.4, -0.2) is 16.3 Å². The molecule has 0 spiro atoms. The van der Waals surface area contributed by atoms with Crippen molar-refractivity contribution < 1.29 is 8.78 Å². The molecule has 114 valence electrons. The highest BCUT2D eigenvalue weighted by Gasteiger charge is 2.16. The van der Waals surface area contributed by atoms with Crippen LogP contribution >= 0.6 is 0 Å². The molecular weight excluding hydrogens is 272 g/mol. The quantitative estimate of drug-likeness (QED) is 0.885. The number of halogens is 2. The molecule has 1 N–H and O–H groups in total. The minimum Gasteiger partial charge on any atom is -0.310 e.